The number of rotatable bonds is 4. The number of ether oxygens (including phenoxy) is 1. The van der Waals surface area contributed by atoms with Crippen LogP contribution in [-0.2, 0) is 4.79 Å². The number of aryl methyl sites for hydroxylation is 1. The van der Waals surface area contributed by atoms with E-state index >= 15 is 0 Å². The molecule has 0 spiro atoms. The highest BCUT2D eigenvalue weighted by atomic mass is 19.1. The summed E-state index contributed by atoms with van der Waals surface area (Å²) in [5, 5.41) is 0. The number of carbonyl (C=O) groups excluding carboxylic acids is 1. The summed E-state index contributed by atoms with van der Waals surface area (Å²) in [7, 11) is 0. The van der Waals surface area contributed by atoms with E-state index in [1.54, 1.807) is 6.07 Å². The Balaban J connectivity index is 2.65. The van der Waals surface area contributed by atoms with Crippen molar-refractivity contribution in [2.24, 2.45) is 5.92 Å². The maximum Gasteiger partial charge on any atom is 0.172 e. The minimum absolute atomic E-state index is 0.00194. The lowest BCUT2D eigenvalue weighted by Gasteiger charge is -2.09. The average molecular weight is 210 g/mol. The zero-order chi connectivity index (χ0) is 11.4. The predicted molar refractivity (Wildman–Crippen MR) is 56.5 cm³/mol. The maximum atomic E-state index is 12.9. The first-order valence-electron chi connectivity index (χ1n) is 4.92. The molecule has 1 rings (SSSR count). The van der Waals surface area contributed by atoms with Gasteiger partial charge >= 0.3 is 0 Å². The van der Waals surface area contributed by atoms with Crippen molar-refractivity contribution in [3.63, 3.8) is 0 Å². The molecule has 0 radical (unpaired) electrons. The smallest absolute Gasteiger partial charge is 0.172 e. The van der Waals surface area contributed by atoms with Gasteiger partial charge in [0.25, 0.3) is 0 Å². The quantitative estimate of drug-likeness (QED) is 0.763. The second kappa shape index (κ2) is 4.91. The lowest BCUT2D eigenvalue weighted by Crippen LogP contribution is -2.17. The van der Waals surface area contributed by atoms with Crippen LogP contribution in [0.1, 0.15) is 19.4 Å². The fraction of sp³-hybridized carbons (Fsp3) is 0.417. The predicted octanol–water partition coefficient (Wildman–Crippen LogP) is 2.74. The minimum Gasteiger partial charge on any atom is -0.485 e. The summed E-state index contributed by atoms with van der Waals surface area (Å²) in [4.78, 5) is 11.3. The zero-order valence-corrected chi connectivity index (χ0v) is 9.21. The van der Waals surface area contributed by atoms with Crippen LogP contribution in [0, 0.1) is 18.7 Å². The second-order valence-electron chi connectivity index (χ2n) is 3.82. The van der Waals surface area contributed by atoms with E-state index < -0.39 is 0 Å². The number of hydrogen-bond acceptors (Lipinski definition) is 2. The monoisotopic (exact) mass is 210 g/mol. The highest BCUT2D eigenvalue weighted by Gasteiger charge is 2.09. The molecule has 0 aromatic heterocycles. The summed E-state index contributed by atoms with van der Waals surface area (Å²) in [5.74, 6) is 0.0362. The van der Waals surface area contributed by atoms with Gasteiger partial charge in [-0.05, 0) is 18.6 Å². The van der Waals surface area contributed by atoms with Gasteiger partial charge in [-0.15, -0.1) is 0 Å². The fourth-order valence-corrected chi connectivity index (χ4v) is 1.04. The molecular weight excluding hydrogens is 195 g/mol. The van der Waals surface area contributed by atoms with Crippen molar-refractivity contribution in [2.45, 2.75) is 20.8 Å². The van der Waals surface area contributed by atoms with E-state index in [1.165, 1.54) is 12.1 Å². The summed E-state index contributed by atoms with van der Waals surface area (Å²) in [5.41, 5.74) is 0.827. The third-order valence-corrected chi connectivity index (χ3v) is 2.16. The van der Waals surface area contributed by atoms with Crippen LogP contribution in [0.2, 0.25) is 0 Å². The van der Waals surface area contributed by atoms with E-state index in [9.17, 15) is 9.18 Å². The van der Waals surface area contributed by atoms with E-state index in [-0.39, 0.29) is 24.1 Å². The summed E-state index contributed by atoms with van der Waals surface area (Å²) < 4.78 is 18.1. The highest BCUT2D eigenvalue weighted by Crippen LogP contribution is 2.18. The van der Waals surface area contributed by atoms with Gasteiger partial charge in [0.05, 0.1) is 0 Å². The van der Waals surface area contributed by atoms with Crippen molar-refractivity contribution >= 4 is 5.78 Å². The number of benzene rings is 1. The summed E-state index contributed by atoms with van der Waals surface area (Å²) >= 11 is 0. The fourth-order valence-electron chi connectivity index (χ4n) is 1.04. The van der Waals surface area contributed by atoms with Crippen molar-refractivity contribution < 1.29 is 13.9 Å². The molecule has 0 N–H and O–H groups in total. The molecule has 0 bridgehead atoms. The van der Waals surface area contributed by atoms with E-state index in [2.05, 4.69) is 0 Å². The lowest BCUT2D eigenvalue weighted by atomic mass is 10.1. The Morgan fingerprint density at radius 3 is 2.73 bits per heavy atom. The van der Waals surface area contributed by atoms with Gasteiger partial charge in [0, 0.05) is 12.0 Å². The Hall–Kier alpha value is -1.38. The van der Waals surface area contributed by atoms with E-state index in [1.807, 2.05) is 20.8 Å². The number of Topliss-reactive ketones (excluding diaryl/α,β-unsaturated/α-hetero) is 1. The van der Waals surface area contributed by atoms with Gasteiger partial charge in [-0.25, -0.2) is 4.39 Å². The van der Waals surface area contributed by atoms with Gasteiger partial charge in [0.1, 0.15) is 18.2 Å². The third kappa shape index (κ3) is 3.35. The molecule has 3 heteroatoms. The van der Waals surface area contributed by atoms with Crippen molar-refractivity contribution in [1.82, 2.24) is 0 Å². The molecule has 0 aliphatic rings. The first kappa shape index (κ1) is 11.7. The van der Waals surface area contributed by atoms with Crippen molar-refractivity contribution in [3.8, 4) is 5.75 Å². The van der Waals surface area contributed by atoms with Crippen molar-refractivity contribution in [2.75, 3.05) is 6.61 Å². The van der Waals surface area contributed by atoms with Crippen LogP contribution in [0.15, 0.2) is 18.2 Å². The van der Waals surface area contributed by atoms with Crippen LogP contribution in [0.3, 0.4) is 0 Å². The standard InChI is InChI=1S/C12H15FO2/c1-8(2)11(14)7-15-12-6-10(13)5-4-9(12)3/h4-6,8H,7H2,1-3H3. The van der Waals surface area contributed by atoms with Crippen LogP contribution in [0.4, 0.5) is 4.39 Å². The maximum absolute atomic E-state index is 12.9. The molecule has 0 atom stereocenters. The number of halogens is 1. The van der Waals surface area contributed by atoms with Crippen molar-refractivity contribution in [3.05, 3.63) is 29.6 Å². The van der Waals surface area contributed by atoms with E-state index in [0.29, 0.717) is 5.75 Å². The molecule has 82 valence electrons. The van der Waals surface area contributed by atoms with Crippen LogP contribution in [0.5, 0.6) is 5.75 Å². The molecule has 0 aliphatic carbocycles. The van der Waals surface area contributed by atoms with Gasteiger partial charge in [-0.3, -0.25) is 4.79 Å². The molecule has 0 fully saturated rings. The number of ketones is 1. The largest absolute Gasteiger partial charge is 0.485 e. The average Bonchev–Trinajstić information content (AvgIpc) is 2.18. The highest BCUT2D eigenvalue weighted by molar-refractivity contribution is 5.81. The third-order valence-electron chi connectivity index (χ3n) is 2.16. The van der Waals surface area contributed by atoms with Gasteiger partial charge in [0.2, 0.25) is 0 Å². The normalized spacial score (nSPS) is 10.5. The minimum atomic E-state index is -0.354. The topological polar surface area (TPSA) is 26.3 Å². The molecule has 2 nitrogen and oxygen atoms in total. The Labute approximate surface area is 89.1 Å². The molecule has 1 aromatic carbocycles. The molecule has 0 aliphatic heterocycles. The van der Waals surface area contributed by atoms with Gasteiger partial charge in [-0.2, -0.15) is 0 Å². The van der Waals surface area contributed by atoms with Crippen LogP contribution in [0.25, 0.3) is 0 Å². The SMILES string of the molecule is Cc1ccc(F)cc1OCC(=O)C(C)C. The second-order valence-corrected chi connectivity index (χ2v) is 3.82. The van der Waals surface area contributed by atoms with Crippen LogP contribution < -0.4 is 4.74 Å². The Morgan fingerprint density at radius 1 is 1.47 bits per heavy atom. The molecule has 0 saturated carbocycles. The summed E-state index contributed by atoms with van der Waals surface area (Å²) in [6, 6.07) is 4.29. The van der Waals surface area contributed by atoms with E-state index in [0.717, 1.165) is 5.56 Å². The van der Waals surface area contributed by atoms with Gasteiger partial charge in [0.15, 0.2) is 5.78 Å². The Bertz CT molecular complexity index is 359. The van der Waals surface area contributed by atoms with Crippen LogP contribution in [-0.4, -0.2) is 12.4 Å². The molecule has 0 amide bonds. The number of hydrogen-bond donors (Lipinski definition) is 0. The van der Waals surface area contributed by atoms with Gasteiger partial charge in [-0.1, -0.05) is 19.9 Å². The first-order valence-corrected chi connectivity index (χ1v) is 4.92. The van der Waals surface area contributed by atoms with Gasteiger partial charge < -0.3 is 4.74 Å². The Kier molecular flexibility index (Phi) is 3.83. The first-order chi connectivity index (χ1) is 7.00. The Morgan fingerprint density at radius 2 is 2.13 bits per heavy atom. The lowest BCUT2D eigenvalue weighted by molar-refractivity contribution is -0.123. The summed E-state index contributed by atoms with van der Waals surface area (Å²) in [6.07, 6.45) is 0. The summed E-state index contributed by atoms with van der Waals surface area (Å²) in [6.45, 7) is 5.44. The molecule has 1 aromatic rings. The van der Waals surface area contributed by atoms with Crippen LogP contribution >= 0.6 is 0 Å². The molecular formula is C12H15FO2. The molecule has 0 heterocycles. The van der Waals surface area contributed by atoms with E-state index in [4.69, 9.17) is 4.74 Å². The molecule has 0 unspecified atom stereocenters. The molecule has 0 saturated heterocycles. The molecule has 15 heavy (non-hydrogen) atoms. The number of carbonyl (C=O) groups is 1. The zero-order valence-electron chi connectivity index (χ0n) is 9.21. The van der Waals surface area contributed by atoms with Crippen molar-refractivity contribution in [1.29, 1.82) is 0 Å².